The second-order valence-corrected chi connectivity index (χ2v) is 4.50. The number of halogens is 1. The van der Waals surface area contributed by atoms with Gasteiger partial charge in [0.15, 0.2) is 0 Å². The third-order valence-corrected chi connectivity index (χ3v) is 3.01. The zero-order valence-electron chi connectivity index (χ0n) is 10.2. The maximum atomic E-state index is 6.14. The van der Waals surface area contributed by atoms with Crippen molar-refractivity contribution in [3.8, 4) is 0 Å². The first kappa shape index (κ1) is 13.5. The zero-order chi connectivity index (χ0) is 12.0. The van der Waals surface area contributed by atoms with Crippen LogP contribution in [0.15, 0.2) is 24.3 Å². The maximum absolute atomic E-state index is 6.14. The molecule has 0 saturated carbocycles. The number of hydrogen-bond donors (Lipinski definition) is 1. The van der Waals surface area contributed by atoms with Gasteiger partial charge in [-0.2, -0.15) is 0 Å². The molecule has 0 aliphatic carbocycles. The van der Waals surface area contributed by atoms with Crippen molar-refractivity contribution in [1.82, 2.24) is 5.32 Å². The molecule has 16 heavy (non-hydrogen) atoms. The van der Waals surface area contributed by atoms with Gasteiger partial charge >= 0.3 is 0 Å². The monoisotopic (exact) mass is 241 g/mol. The van der Waals surface area contributed by atoms with Crippen molar-refractivity contribution >= 4 is 11.6 Å². The molecule has 1 N–H and O–H groups in total. The molecule has 0 radical (unpaired) electrons. The van der Waals surface area contributed by atoms with Crippen LogP contribution in [0.2, 0.25) is 5.02 Å². The molecule has 2 atom stereocenters. The molecule has 0 spiro atoms. The molecule has 1 unspecified atom stereocenters. The van der Waals surface area contributed by atoms with Crippen molar-refractivity contribution in [3.63, 3.8) is 0 Å². The van der Waals surface area contributed by atoms with Gasteiger partial charge in [-0.05, 0) is 31.9 Å². The van der Waals surface area contributed by atoms with Crippen LogP contribution in [0.5, 0.6) is 0 Å². The number of benzene rings is 1. The second kappa shape index (κ2) is 6.89. The van der Waals surface area contributed by atoms with Crippen LogP contribution in [0, 0.1) is 0 Å². The summed E-state index contributed by atoms with van der Waals surface area (Å²) in [4.78, 5) is 0. The summed E-state index contributed by atoms with van der Waals surface area (Å²) in [6, 6.07) is 8.64. The molecule has 0 amide bonds. The fourth-order valence-electron chi connectivity index (χ4n) is 1.72. The predicted octanol–water partition coefficient (Wildman–Crippen LogP) is 3.42. The highest BCUT2D eigenvalue weighted by atomic mass is 35.5. The minimum atomic E-state index is 0.264. The van der Waals surface area contributed by atoms with E-state index in [4.69, 9.17) is 16.3 Å². The van der Waals surface area contributed by atoms with Crippen LogP contribution in [0.4, 0.5) is 0 Å². The summed E-state index contributed by atoms with van der Waals surface area (Å²) in [7, 11) is 1.73. The lowest BCUT2D eigenvalue weighted by Crippen LogP contribution is -2.30. The summed E-state index contributed by atoms with van der Waals surface area (Å²) in [6.07, 6.45) is 1.01. The van der Waals surface area contributed by atoms with E-state index in [1.165, 1.54) is 0 Å². The van der Waals surface area contributed by atoms with Gasteiger partial charge in [0.05, 0.1) is 0 Å². The molecular weight excluding hydrogens is 222 g/mol. The molecule has 0 fully saturated rings. The van der Waals surface area contributed by atoms with Gasteiger partial charge in [0.2, 0.25) is 0 Å². The third-order valence-electron chi connectivity index (χ3n) is 2.66. The molecule has 0 aromatic heterocycles. The maximum Gasteiger partial charge on any atom is 0.0476 e. The molecule has 3 heteroatoms. The number of methoxy groups -OCH3 is 1. The van der Waals surface area contributed by atoms with Crippen molar-refractivity contribution in [2.45, 2.75) is 32.4 Å². The third kappa shape index (κ3) is 4.12. The molecule has 0 aliphatic rings. The van der Waals surface area contributed by atoms with E-state index in [-0.39, 0.29) is 6.04 Å². The van der Waals surface area contributed by atoms with Crippen LogP contribution in [0.25, 0.3) is 0 Å². The summed E-state index contributed by atoms with van der Waals surface area (Å²) < 4.78 is 5.06. The molecule has 1 aromatic carbocycles. The van der Waals surface area contributed by atoms with Crippen LogP contribution in [0.3, 0.4) is 0 Å². The first-order chi connectivity index (χ1) is 7.65. The van der Waals surface area contributed by atoms with Crippen molar-refractivity contribution in [2.24, 2.45) is 0 Å². The molecule has 2 nitrogen and oxygen atoms in total. The molecule has 0 heterocycles. The van der Waals surface area contributed by atoms with E-state index in [1.54, 1.807) is 7.11 Å². The largest absolute Gasteiger partial charge is 0.385 e. The van der Waals surface area contributed by atoms with Gasteiger partial charge in [-0.1, -0.05) is 29.8 Å². The molecule has 1 rings (SSSR count). The van der Waals surface area contributed by atoms with Crippen molar-refractivity contribution in [1.29, 1.82) is 0 Å². The lowest BCUT2D eigenvalue weighted by atomic mass is 10.1. The van der Waals surface area contributed by atoms with Crippen LogP contribution in [-0.4, -0.2) is 19.8 Å². The van der Waals surface area contributed by atoms with Crippen molar-refractivity contribution in [2.75, 3.05) is 13.7 Å². The minimum absolute atomic E-state index is 0.264. The Labute approximate surface area is 103 Å². The SMILES string of the molecule is COCCC(C)N[C@@H](C)c1ccccc1Cl. The highest BCUT2D eigenvalue weighted by Crippen LogP contribution is 2.22. The fourth-order valence-corrected chi connectivity index (χ4v) is 2.02. The van der Waals surface area contributed by atoms with E-state index in [1.807, 2.05) is 18.2 Å². The van der Waals surface area contributed by atoms with Crippen LogP contribution in [-0.2, 0) is 4.74 Å². The summed E-state index contributed by atoms with van der Waals surface area (Å²) in [5.74, 6) is 0. The molecule has 0 aliphatic heterocycles. The highest BCUT2D eigenvalue weighted by Gasteiger charge is 2.11. The minimum Gasteiger partial charge on any atom is -0.385 e. The summed E-state index contributed by atoms with van der Waals surface area (Å²) in [5.41, 5.74) is 1.15. The smallest absolute Gasteiger partial charge is 0.0476 e. The van der Waals surface area contributed by atoms with E-state index in [2.05, 4.69) is 25.2 Å². The average molecular weight is 242 g/mol. The number of ether oxygens (including phenoxy) is 1. The van der Waals surface area contributed by atoms with Gasteiger partial charge in [0, 0.05) is 30.8 Å². The quantitative estimate of drug-likeness (QED) is 0.824. The number of hydrogen-bond acceptors (Lipinski definition) is 2. The number of rotatable bonds is 6. The van der Waals surface area contributed by atoms with Crippen molar-refractivity contribution < 1.29 is 4.74 Å². The second-order valence-electron chi connectivity index (χ2n) is 4.09. The van der Waals surface area contributed by atoms with E-state index >= 15 is 0 Å². The fraction of sp³-hybridized carbons (Fsp3) is 0.538. The Hall–Kier alpha value is -0.570. The van der Waals surface area contributed by atoms with E-state index in [0.717, 1.165) is 23.6 Å². The average Bonchev–Trinajstić information content (AvgIpc) is 2.26. The molecule has 0 saturated heterocycles. The first-order valence-corrected chi connectivity index (χ1v) is 6.02. The molecule has 90 valence electrons. The first-order valence-electron chi connectivity index (χ1n) is 5.64. The standard InChI is InChI=1S/C13H20ClNO/c1-10(8-9-16-3)15-11(2)12-6-4-5-7-13(12)14/h4-7,10-11,15H,8-9H2,1-3H3/t10?,11-/m0/s1. The molecule has 1 aromatic rings. The van der Waals surface area contributed by atoms with Crippen molar-refractivity contribution in [3.05, 3.63) is 34.9 Å². The summed E-state index contributed by atoms with van der Waals surface area (Å²) >= 11 is 6.14. The molecule has 0 bridgehead atoms. The van der Waals surface area contributed by atoms with Crippen LogP contribution < -0.4 is 5.32 Å². The predicted molar refractivity (Wildman–Crippen MR) is 69.0 cm³/mol. The Morgan fingerprint density at radius 2 is 2.00 bits per heavy atom. The lowest BCUT2D eigenvalue weighted by molar-refractivity contribution is 0.183. The highest BCUT2D eigenvalue weighted by molar-refractivity contribution is 6.31. The van der Waals surface area contributed by atoms with Crippen LogP contribution >= 0.6 is 11.6 Å². The van der Waals surface area contributed by atoms with Gasteiger partial charge in [-0.15, -0.1) is 0 Å². The van der Waals surface area contributed by atoms with Gasteiger partial charge in [0.25, 0.3) is 0 Å². The Balaban J connectivity index is 2.52. The number of nitrogens with one attached hydrogen (secondary N) is 1. The Kier molecular flexibility index (Phi) is 5.81. The molecular formula is C13H20ClNO. The Morgan fingerprint density at radius 3 is 2.62 bits per heavy atom. The van der Waals surface area contributed by atoms with Crippen LogP contribution in [0.1, 0.15) is 31.9 Å². The summed E-state index contributed by atoms with van der Waals surface area (Å²) in [5, 5.41) is 4.33. The Bertz CT molecular complexity index is 317. The van der Waals surface area contributed by atoms with Gasteiger partial charge in [-0.25, -0.2) is 0 Å². The van der Waals surface area contributed by atoms with E-state index in [0.29, 0.717) is 6.04 Å². The topological polar surface area (TPSA) is 21.3 Å². The van der Waals surface area contributed by atoms with E-state index < -0.39 is 0 Å². The lowest BCUT2D eigenvalue weighted by Gasteiger charge is -2.21. The van der Waals surface area contributed by atoms with Gasteiger partial charge < -0.3 is 10.1 Å². The van der Waals surface area contributed by atoms with E-state index in [9.17, 15) is 0 Å². The van der Waals surface area contributed by atoms with Gasteiger partial charge in [0.1, 0.15) is 0 Å². The normalized spacial score (nSPS) is 14.8. The zero-order valence-corrected chi connectivity index (χ0v) is 10.9. The Morgan fingerprint density at radius 1 is 1.31 bits per heavy atom. The van der Waals surface area contributed by atoms with Gasteiger partial charge in [-0.3, -0.25) is 0 Å². The summed E-state index contributed by atoms with van der Waals surface area (Å²) in [6.45, 7) is 5.07.